The molecule has 10 heteroatoms. The van der Waals surface area contributed by atoms with Crippen LogP contribution in [0.15, 0.2) is 36.4 Å². The predicted octanol–water partition coefficient (Wildman–Crippen LogP) is 5.98. The quantitative estimate of drug-likeness (QED) is 0.434. The number of nitriles is 1. The molecule has 3 amide bonds. The highest BCUT2D eigenvalue weighted by Crippen LogP contribution is 2.40. The molecule has 2 aliphatic heterocycles. The number of aromatic nitrogens is 2. The first-order chi connectivity index (χ1) is 18.5. The lowest BCUT2D eigenvalue weighted by molar-refractivity contribution is 0.000742. The van der Waals surface area contributed by atoms with Crippen molar-refractivity contribution in [2.75, 3.05) is 18.4 Å². The van der Waals surface area contributed by atoms with Crippen LogP contribution in [0.4, 0.5) is 14.7 Å². The zero-order valence-electron chi connectivity index (χ0n) is 22.8. The second-order valence-electron chi connectivity index (χ2n) is 11.1. The van der Waals surface area contributed by atoms with Crippen LogP contribution in [0.1, 0.15) is 50.6 Å². The maximum Gasteiger partial charge on any atom is 0.410 e. The van der Waals surface area contributed by atoms with Gasteiger partial charge in [-0.15, -0.1) is 0 Å². The van der Waals surface area contributed by atoms with Crippen molar-refractivity contribution in [3.05, 3.63) is 53.3 Å². The number of hydrogen-bond acceptors (Lipinski definition) is 7. The van der Waals surface area contributed by atoms with Gasteiger partial charge in [-0.05, 0) is 77.3 Å². The van der Waals surface area contributed by atoms with Crippen LogP contribution in [0.3, 0.4) is 0 Å². The molecule has 0 spiro atoms. The van der Waals surface area contributed by atoms with Gasteiger partial charge in [-0.25, -0.2) is 14.6 Å². The van der Waals surface area contributed by atoms with Gasteiger partial charge in [-0.3, -0.25) is 15.2 Å². The lowest BCUT2D eigenvalue weighted by atomic mass is 10.0. The number of rotatable bonds is 3. The number of likely N-dealkylation sites (tertiary alicyclic amines) is 1. The van der Waals surface area contributed by atoms with Crippen molar-refractivity contribution in [1.82, 2.24) is 19.8 Å². The summed E-state index contributed by atoms with van der Waals surface area (Å²) in [5.74, 6) is 0. The molecule has 5 rings (SSSR count). The van der Waals surface area contributed by atoms with Crippen molar-refractivity contribution in [2.24, 2.45) is 0 Å². The lowest BCUT2D eigenvalue weighted by Crippen LogP contribution is -2.58. The molecule has 1 aromatic carbocycles. The number of fused-ring (bicyclic) bond motifs is 2. The summed E-state index contributed by atoms with van der Waals surface area (Å²) in [5.41, 5.74) is 4.21. The van der Waals surface area contributed by atoms with Crippen molar-refractivity contribution < 1.29 is 14.3 Å². The molecule has 1 N–H and O–H groups in total. The first-order valence-electron chi connectivity index (χ1n) is 13.0. The third-order valence-corrected chi connectivity index (χ3v) is 7.84. The van der Waals surface area contributed by atoms with Crippen LogP contribution in [0.25, 0.3) is 21.7 Å². The summed E-state index contributed by atoms with van der Waals surface area (Å²) in [6.07, 6.45) is 1.37. The highest BCUT2D eigenvalue weighted by Gasteiger charge is 2.45. The van der Waals surface area contributed by atoms with Crippen molar-refractivity contribution in [2.45, 2.75) is 65.1 Å². The Bertz CT molecular complexity index is 1440. The van der Waals surface area contributed by atoms with E-state index >= 15 is 0 Å². The summed E-state index contributed by atoms with van der Waals surface area (Å²) in [5, 5.41) is 12.9. The Hall–Kier alpha value is -3.97. The van der Waals surface area contributed by atoms with Crippen LogP contribution in [0.5, 0.6) is 0 Å². The Morgan fingerprint density at radius 1 is 1.05 bits per heavy atom. The average Bonchev–Trinajstić information content (AvgIpc) is 3.40. The van der Waals surface area contributed by atoms with Crippen molar-refractivity contribution >= 4 is 28.6 Å². The van der Waals surface area contributed by atoms with Gasteiger partial charge in [0.05, 0.1) is 34.3 Å². The Morgan fingerprint density at radius 3 is 2.33 bits per heavy atom. The van der Waals surface area contributed by atoms with E-state index in [4.69, 9.17) is 9.72 Å². The predicted molar refractivity (Wildman–Crippen MR) is 150 cm³/mol. The molecule has 0 radical (unpaired) electrons. The number of nitrogens with one attached hydrogen (secondary N) is 1. The number of thiazole rings is 1. The summed E-state index contributed by atoms with van der Waals surface area (Å²) < 4.78 is 5.62. The minimum absolute atomic E-state index is 0.0664. The molecular formula is C29H32N6O3S. The van der Waals surface area contributed by atoms with E-state index in [-0.39, 0.29) is 24.2 Å². The van der Waals surface area contributed by atoms with E-state index in [9.17, 15) is 14.9 Å². The highest BCUT2D eigenvalue weighted by atomic mass is 32.1. The molecule has 2 fully saturated rings. The van der Waals surface area contributed by atoms with Gasteiger partial charge in [0.2, 0.25) is 0 Å². The van der Waals surface area contributed by atoms with Crippen molar-refractivity contribution in [3.63, 3.8) is 0 Å². The molecule has 9 nitrogen and oxygen atoms in total. The fourth-order valence-electron chi connectivity index (χ4n) is 5.32. The number of hydrogen-bond donors (Lipinski definition) is 1. The van der Waals surface area contributed by atoms with E-state index in [1.54, 1.807) is 17.0 Å². The number of ether oxygens (including phenoxy) is 1. The molecule has 2 bridgehead atoms. The molecular weight excluding hydrogens is 512 g/mol. The summed E-state index contributed by atoms with van der Waals surface area (Å²) >= 11 is 1.39. The molecule has 202 valence electrons. The molecule has 2 aliphatic rings. The first kappa shape index (κ1) is 26.6. The maximum absolute atomic E-state index is 13.4. The number of nitrogens with zero attached hydrogens (tertiary/aromatic N) is 5. The average molecular weight is 545 g/mol. The molecule has 2 atom stereocenters. The highest BCUT2D eigenvalue weighted by molar-refractivity contribution is 7.19. The van der Waals surface area contributed by atoms with Crippen LogP contribution in [0, 0.1) is 25.2 Å². The number of pyridine rings is 1. The van der Waals surface area contributed by atoms with Crippen LogP contribution in [0.2, 0.25) is 0 Å². The number of piperazine rings is 1. The van der Waals surface area contributed by atoms with Gasteiger partial charge in [0.1, 0.15) is 5.60 Å². The van der Waals surface area contributed by atoms with Gasteiger partial charge in [0.15, 0.2) is 5.13 Å². The van der Waals surface area contributed by atoms with Gasteiger partial charge >= 0.3 is 12.1 Å². The van der Waals surface area contributed by atoms with E-state index < -0.39 is 5.60 Å². The van der Waals surface area contributed by atoms with Crippen LogP contribution in [-0.2, 0) is 4.74 Å². The lowest BCUT2D eigenvalue weighted by Gasteiger charge is -2.41. The topological polar surface area (TPSA) is 111 Å². The monoisotopic (exact) mass is 544 g/mol. The molecule has 2 saturated heterocycles. The van der Waals surface area contributed by atoms with Crippen LogP contribution >= 0.6 is 11.3 Å². The number of amides is 3. The zero-order chi connectivity index (χ0) is 27.9. The van der Waals surface area contributed by atoms with Crippen molar-refractivity contribution in [1.29, 1.82) is 5.26 Å². The van der Waals surface area contributed by atoms with E-state index in [2.05, 4.69) is 16.4 Å². The molecule has 0 saturated carbocycles. The number of anilines is 1. The number of carbonyl (C=O) groups is 2. The van der Waals surface area contributed by atoms with Gasteiger partial charge < -0.3 is 9.64 Å². The number of urea groups is 1. The smallest absolute Gasteiger partial charge is 0.410 e. The minimum atomic E-state index is -0.566. The summed E-state index contributed by atoms with van der Waals surface area (Å²) in [7, 11) is 0. The van der Waals surface area contributed by atoms with Crippen molar-refractivity contribution in [3.8, 4) is 27.8 Å². The first-order valence-corrected chi connectivity index (χ1v) is 13.9. The van der Waals surface area contributed by atoms with Gasteiger partial charge in [-0.2, -0.15) is 5.26 Å². The third kappa shape index (κ3) is 5.73. The SMILES string of the molecule is Cc1cc(-c2sc(NC(=O)N3CC4CCC(C3)N4C(=O)OC(C)(C)C)nc2-c2cccc(C#N)c2)cc(C)n1. The molecule has 0 aliphatic carbocycles. The second kappa shape index (κ2) is 10.3. The third-order valence-electron chi connectivity index (χ3n) is 6.82. The minimum Gasteiger partial charge on any atom is -0.444 e. The Morgan fingerprint density at radius 2 is 1.72 bits per heavy atom. The number of benzene rings is 1. The van der Waals surface area contributed by atoms with E-state index in [0.717, 1.165) is 40.2 Å². The van der Waals surface area contributed by atoms with Gasteiger partial charge in [0, 0.05) is 30.0 Å². The largest absolute Gasteiger partial charge is 0.444 e. The zero-order valence-corrected chi connectivity index (χ0v) is 23.6. The standard InChI is InChI=1S/C29H32N6O3S/c1-17-11-21(12-18(2)31-17)25-24(20-8-6-7-19(13-20)14-30)32-26(39-25)33-27(36)34-15-22-9-10-23(16-34)35(22)28(37)38-29(3,4)5/h6-8,11-13,22-23H,9-10,15-16H2,1-5H3,(H,32,33,36). The van der Waals surface area contributed by atoms with E-state index in [0.29, 0.717) is 29.5 Å². The molecule has 2 unspecified atom stereocenters. The fraction of sp³-hybridized carbons (Fsp3) is 0.414. The van der Waals surface area contributed by atoms with Crippen LogP contribution < -0.4 is 5.32 Å². The number of carbonyl (C=O) groups excluding carboxylic acids is 2. The molecule has 2 aromatic heterocycles. The number of aryl methyl sites for hydroxylation is 2. The Kier molecular flexibility index (Phi) is 7.03. The van der Waals surface area contributed by atoms with Gasteiger partial charge in [0.25, 0.3) is 0 Å². The normalized spacial score (nSPS) is 18.6. The Labute approximate surface area is 232 Å². The molecule has 39 heavy (non-hydrogen) atoms. The second-order valence-corrected chi connectivity index (χ2v) is 12.1. The van der Waals surface area contributed by atoms with Crippen LogP contribution in [-0.4, -0.2) is 62.7 Å². The van der Waals surface area contributed by atoms with E-state index in [1.165, 1.54) is 11.3 Å². The van der Waals surface area contributed by atoms with Gasteiger partial charge in [-0.1, -0.05) is 23.5 Å². The summed E-state index contributed by atoms with van der Waals surface area (Å²) in [6, 6.07) is 13.1. The fourth-order valence-corrected chi connectivity index (χ4v) is 6.28. The Balaban J connectivity index is 1.39. The summed E-state index contributed by atoms with van der Waals surface area (Å²) in [4.78, 5) is 40.0. The van der Waals surface area contributed by atoms with E-state index in [1.807, 2.05) is 63.8 Å². The maximum atomic E-state index is 13.4. The molecule has 3 aromatic rings. The molecule has 4 heterocycles. The summed E-state index contributed by atoms with van der Waals surface area (Å²) in [6.45, 7) is 10.4.